The lowest BCUT2D eigenvalue weighted by molar-refractivity contribution is -0.127. The van der Waals surface area contributed by atoms with Gasteiger partial charge >= 0.3 is 12.0 Å². The fourth-order valence-electron chi connectivity index (χ4n) is 1.99. The number of rotatable bonds is 6. The lowest BCUT2D eigenvalue weighted by Gasteiger charge is -2.13. The van der Waals surface area contributed by atoms with E-state index in [1.807, 2.05) is 35.6 Å². The van der Waals surface area contributed by atoms with E-state index < -0.39 is 24.0 Å². The number of urea groups is 1. The maximum absolute atomic E-state index is 12.1. The van der Waals surface area contributed by atoms with E-state index in [1.165, 1.54) is 14.0 Å². The van der Waals surface area contributed by atoms with Crippen molar-refractivity contribution < 1.29 is 23.9 Å². The minimum absolute atomic E-state index is 0.275. The number of carbonyl (C=O) groups is 3. The predicted octanol–water partition coefficient (Wildman–Crippen LogP) is 2.27. The number of imide groups is 1. The molecule has 1 atom stereocenters. The number of ether oxygens (including phenoxy) is 2. The number of hydrogen-bond donors (Lipinski definition) is 2. The van der Waals surface area contributed by atoms with Gasteiger partial charge < -0.3 is 14.8 Å². The molecule has 7 nitrogen and oxygen atoms in total. The molecule has 3 amide bonds. The van der Waals surface area contributed by atoms with Gasteiger partial charge in [-0.15, -0.1) is 0 Å². The number of benzene rings is 2. The van der Waals surface area contributed by atoms with E-state index in [0.717, 1.165) is 5.56 Å². The van der Waals surface area contributed by atoms with Crippen LogP contribution in [0.3, 0.4) is 0 Å². The van der Waals surface area contributed by atoms with Crippen LogP contribution in [0, 0.1) is 0 Å². The van der Waals surface area contributed by atoms with Crippen LogP contribution in [0.2, 0.25) is 0 Å². The van der Waals surface area contributed by atoms with Gasteiger partial charge in [-0.25, -0.2) is 9.59 Å². The molecular weight excluding hydrogens is 336 g/mol. The van der Waals surface area contributed by atoms with Crippen molar-refractivity contribution in [1.82, 2.24) is 10.6 Å². The molecule has 0 bridgehead atoms. The third-order valence-corrected chi connectivity index (χ3v) is 3.46. The van der Waals surface area contributed by atoms with Crippen LogP contribution in [-0.4, -0.2) is 31.1 Å². The molecule has 0 saturated heterocycles. The topological polar surface area (TPSA) is 93.7 Å². The summed E-state index contributed by atoms with van der Waals surface area (Å²) in [6, 6.07) is 15.4. The van der Waals surface area contributed by atoms with E-state index in [0.29, 0.717) is 12.4 Å². The van der Waals surface area contributed by atoms with E-state index >= 15 is 0 Å². The second-order valence-corrected chi connectivity index (χ2v) is 5.41. The fraction of sp³-hybridized carbons (Fsp3) is 0.211. The number of esters is 1. The average Bonchev–Trinajstić information content (AvgIpc) is 2.67. The van der Waals surface area contributed by atoms with Gasteiger partial charge in [-0.3, -0.25) is 10.1 Å². The predicted molar refractivity (Wildman–Crippen MR) is 94.7 cm³/mol. The summed E-state index contributed by atoms with van der Waals surface area (Å²) in [5.74, 6) is -0.768. The molecular formula is C19H20N2O5. The lowest BCUT2D eigenvalue weighted by atomic mass is 10.2. The van der Waals surface area contributed by atoms with Crippen LogP contribution in [0.4, 0.5) is 4.79 Å². The lowest BCUT2D eigenvalue weighted by Crippen LogP contribution is -2.43. The Hall–Kier alpha value is -3.35. The summed E-state index contributed by atoms with van der Waals surface area (Å²) in [5, 5.41) is 4.28. The molecule has 0 radical (unpaired) electrons. The zero-order valence-electron chi connectivity index (χ0n) is 14.5. The van der Waals surface area contributed by atoms with Gasteiger partial charge in [0, 0.05) is 7.05 Å². The Morgan fingerprint density at radius 1 is 1.00 bits per heavy atom. The molecule has 0 aliphatic rings. The van der Waals surface area contributed by atoms with Gasteiger partial charge in [-0.1, -0.05) is 30.3 Å². The summed E-state index contributed by atoms with van der Waals surface area (Å²) >= 11 is 0. The van der Waals surface area contributed by atoms with E-state index in [2.05, 4.69) is 5.32 Å². The Balaban J connectivity index is 1.87. The number of nitrogens with one attached hydrogen (secondary N) is 2. The highest BCUT2D eigenvalue weighted by molar-refractivity contribution is 5.98. The summed E-state index contributed by atoms with van der Waals surface area (Å²) in [7, 11) is 1.38. The number of hydrogen-bond acceptors (Lipinski definition) is 5. The van der Waals surface area contributed by atoms with Crippen molar-refractivity contribution in [2.24, 2.45) is 0 Å². The standard InChI is InChI=1S/C19H20N2O5/c1-13(17(22)21-19(24)20-2)26-18(23)15-8-10-16(11-9-15)25-12-14-6-4-3-5-7-14/h3-11,13H,12H2,1-2H3,(H2,20,21,22,24). The first kappa shape index (κ1) is 19.0. The van der Waals surface area contributed by atoms with Crippen molar-refractivity contribution >= 4 is 17.9 Å². The van der Waals surface area contributed by atoms with E-state index in [-0.39, 0.29) is 5.56 Å². The fourth-order valence-corrected chi connectivity index (χ4v) is 1.99. The third-order valence-electron chi connectivity index (χ3n) is 3.46. The highest BCUT2D eigenvalue weighted by Crippen LogP contribution is 2.15. The third kappa shape index (κ3) is 5.62. The molecule has 0 heterocycles. The zero-order chi connectivity index (χ0) is 18.9. The van der Waals surface area contributed by atoms with E-state index in [9.17, 15) is 14.4 Å². The van der Waals surface area contributed by atoms with Crippen LogP contribution in [0.25, 0.3) is 0 Å². The Morgan fingerprint density at radius 2 is 1.65 bits per heavy atom. The van der Waals surface area contributed by atoms with E-state index in [1.54, 1.807) is 24.3 Å². The van der Waals surface area contributed by atoms with Crippen molar-refractivity contribution in [1.29, 1.82) is 0 Å². The second-order valence-electron chi connectivity index (χ2n) is 5.41. The molecule has 0 fully saturated rings. The molecule has 7 heteroatoms. The van der Waals surface area contributed by atoms with Crippen molar-refractivity contribution in [2.75, 3.05) is 7.05 Å². The van der Waals surface area contributed by atoms with Crippen LogP contribution in [0.5, 0.6) is 5.75 Å². The number of carbonyl (C=O) groups excluding carboxylic acids is 3. The van der Waals surface area contributed by atoms with E-state index in [4.69, 9.17) is 9.47 Å². The molecule has 2 rings (SSSR count). The summed E-state index contributed by atoms with van der Waals surface area (Å²) in [6.07, 6.45) is -1.10. The van der Waals surface area contributed by atoms with Crippen LogP contribution >= 0.6 is 0 Å². The molecule has 1 unspecified atom stereocenters. The van der Waals surface area contributed by atoms with Gasteiger partial charge in [-0.05, 0) is 36.8 Å². The summed E-state index contributed by atoms with van der Waals surface area (Å²) in [6.45, 7) is 1.80. The maximum Gasteiger partial charge on any atom is 0.338 e. The van der Waals surface area contributed by atoms with Crippen LogP contribution in [0.15, 0.2) is 54.6 Å². The molecule has 2 aromatic carbocycles. The summed E-state index contributed by atoms with van der Waals surface area (Å²) < 4.78 is 10.7. The van der Waals surface area contributed by atoms with Crippen LogP contribution in [-0.2, 0) is 16.1 Å². The molecule has 26 heavy (non-hydrogen) atoms. The van der Waals surface area contributed by atoms with Gasteiger partial charge in [0.05, 0.1) is 5.56 Å². The highest BCUT2D eigenvalue weighted by atomic mass is 16.5. The monoisotopic (exact) mass is 356 g/mol. The van der Waals surface area contributed by atoms with Gasteiger partial charge in [0.2, 0.25) is 0 Å². The van der Waals surface area contributed by atoms with Crippen molar-refractivity contribution in [3.63, 3.8) is 0 Å². The Labute approximate surface area is 151 Å². The molecule has 136 valence electrons. The minimum atomic E-state index is -1.10. The first-order chi connectivity index (χ1) is 12.5. The quantitative estimate of drug-likeness (QED) is 0.775. The molecule has 0 saturated carbocycles. The normalized spacial score (nSPS) is 11.2. The highest BCUT2D eigenvalue weighted by Gasteiger charge is 2.20. The Morgan fingerprint density at radius 3 is 2.27 bits per heavy atom. The Kier molecular flexibility index (Phi) is 6.73. The van der Waals surface area contributed by atoms with Crippen LogP contribution < -0.4 is 15.4 Å². The molecule has 0 spiro atoms. The molecule has 0 aromatic heterocycles. The Bertz CT molecular complexity index is 759. The van der Waals surface area contributed by atoms with Crippen molar-refractivity contribution in [3.8, 4) is 5.75 Å². The number of amides is 3. The minimum Gasteiger partial charge on any atom is -0.489 e. The first-order valence-electron chi connectivity index (χ1n) is 8.00. The second kappa shape index (κ2) is 9.22. The van der Waals surface area contributed by atoms with Crippen molar-refractivity contribution in [3.05, 3.63) is 65.7 Å². The molecule has 0 aliphatic heterocycles. The molecule has 0 aliphatic carbocycles. The summed E-state index contributed by atoms with van der Waals surface area (Å²) in [5.41, 5.74) is 1.31. The first-order valence-corrected chi connectivity index (χ1v) is 8.00. The molecule has 2 aromatic rings. The smallest absolute Gasteiger partial charge is 0.338 e. The average molecular weight is 356 g/mol. The van der Waals surface area contributed by atoms with Crippen LogP contribution in [0.1, 0.15) is 22.8 Å². The van der Waals surface area contributed by atoms with Gasteiger partial charge in [0.1, 0.15) is 12.4 Å². The van der Waals surface area contributed by atoms with Gasteiger partial charge in [0.15, 0.2) is 6.10 Å². The largest absolute Gasteiger partial charge is 0.489 e. The SMILES string of the molecule is CNC(=O)NC(=O)C(C)OC(=O)c1ccc(OCc2ccccc2)cc1. The van der Waals surface area contributed by atoms with Gasteiger partial charge in [-0.2, -0.15) is 0 Å². The van der Waals surface area contributed by atoms with Crippen molar-refractivity contribution in [2.45, 2.75) is 19.6 Å². The van der Waals surface area contributed by atoms with Gasteiger partial charge in [0.25, 0.3) is 5.91 Å². The summed E-state index contributed by atoms with van der Waals surface area (Å²) in [4.78, 5) is 34.8. The maximum atomic E-state index is 12.1. The zero-order valence-corrected chi connectivity index (χ0v) is 14.5. The molecule has 2 N–H and O–H groups in total.